The van der Waals surface area contributed by atoms with Crippen LogP contribution >= 0.6 is 11.8 Å². The molecule has 0 spiro atoms. The Morgan fingerprint density at radius 1 is 1.03 bits per heavy atom. The van der Waals surface area contributed by atoms with Gasteiger partial charge in [-0.1, -0.05) is 18.2 Å². The van der Waals surface area contributed by atoms with E-state index >= 15 is 0 Å². The number of hydrogen-bond acceptors (Lipinski definition) is 5. The lowest BCUT2D eigenvalue weighted by Gasteiger charge is -2.25. The molecule has 0 saturated carbocycles. The molecular weight excluding hydrogens is 401 g/mol. The number of anilines is 1. The van der Waals surface area contributed by atoms with E-state index < -0.39 is 0 Å². The molecule has 1 aliphatic heterocycles. The molecular formula is C24H24FNO3S. The lowest BCUT2D eigenvalue weighted by atomic mass is 10.1. The van der Waals surface area contributed by atoms with Crippen molar-refractivity contribution < 1.29 is 19.0 Å². The third-order valence-electron chi connectivity index (χ3n) is 5.34. The van der Waals surface area contributed by atoms with E-state index in [0.717, 1.165) is 34.9 Å². The first-order valence-electron chi connectivity index (χ1n) is 9.79. The van der Waals surface area contributed by atoms with Gasteiger partial charge in [0.1, 0.15) is 23.1 Å². The topological polar surface area (TPSA) is 41.9 Å². The van der Waals surface area contributed by atoms with E-state index in [1.807, 2.05) is 42.5 Å². The van der Waals surface area contributed by atoms with Crippen LogP contribution < -0.4 is 14.4 Å². The number of hydrogen-bond donors (Lipinski definition) is 1. The Morgan fingerprint density at radius 2 is 1.77 bits per heavy atom. The van der Waals surface area contributed by atoms with Gasteiger partial charge in [-0.15, -0.1) is 11.8 Å². The van der Waals surface area contributed by atoms with Gasteiger partial charge in [0.25, 0.3) is 0 Å². The highest BCUT2D eigenvalue weighted by Crippen LogP contribution is 2.47. The standard InChI is InChI=1S/C24H24FNO3S/c1-28-17-8-7-16(22(27)13-17)15-26-12-11-23(19-5-3-4-6-20(19)25)30-24-14-18(29-2)9-10-21(24)26/h3-10,13-14,23,27H,11-12,15H2,1-2H3. The van der Waals surface area contributed by atoms with Crippen LogP contribution in [0.3, 0.4) is 0 Å². The molecule has 1 heterocycles. The summed E-state index contributed by atoms with van der Waals surface area (Å²) in [7, 11) is 3.22. The summed E-state index contributed by atoms with van der Waals surface area (Å²) in [4.78, 5) is 3.26. The first kappa shape index (κ1) is 20.4. The predicted molar refractivity (Wildman–Crippen MR) is 118 cm³/mol. The van der Waals surface area contributed by atoms with Crippen molar-refractivity contribution >= 4 is 17.4 Å². The third-order valence-corrected chi connectivity index (χ3v) is 6.70. The second-order valence-corrected chi connectivity index (χ2v) is 8.41. The molecule has 0 radical (unpaired) electrons. The molecule has 1 N–H and O–H groups in total. The fourth-order valence-corrected chi connectivity index (χ4v) is 5.06. The van der Waals surface area contributed by atoms with Gasteiger partial charge in [-0.25, -0.2) is 4.39 Å². The summed E-state index contributed by atoms with van der Waals surface area (Å²) in [6, 6.07) is 18.3. The minimum Gasteiger partial charge on any atom is -0.507 e. The van der Waals surface area contributed by atoms with Crippen LogP contribution in [-0.2, 0) is 6.54 Å². The predicted octanol–water partition coefficient (Wildman–Crippen LogP) is 5.79. The van der Waals surface area contributed by atoms with Crippen LogP contribution in [0.15, 0.2) is 65.6 Å². The monoisotopic (exact) mass is 425 g/mol. The number of halogens is 1. The summed E-state index contributed by atoms with van der Waals surface area (Å²) in [5, 5.41) is 10.4. The maximum absolute atomic E-state index is 14.5. The molecule has 3 aromatic carbocycles. The Labute approximate surface area is 180 Å². The summed E-state index contributed by atoms with van der Waals surface area (Å²) in [6.07, 6.45) is 0.777. The number of nitrogens with zero attached hydrogens (tertiary/aromatic N) is 1. The minimum atomic E-state index is -0.180. The number of phenols is 1. The van der Waals surface area contributed by atoms with E-state index in [1.54, 1.807) is 38.1 Å². The van der Waals surface area contributed by atoms with Crippen molar-refractivity contribution in [3.05, 3.63) is 77.6 Å². The van der Waals surface area contributed by atoms with Gasteiger partial charge >= 0.3 is 0 Å². The average molecular weight is 426 g/mol. The van der Waals surface area contributed by atoms with Gasteiger partial charge in [0.2, 0.25) is 0 Å². The molecule has 0 saturated heterocycles. The number of methoxy groups -OCH3 is 2. The zero-order valence-electron chi connectivity index (χ0n) is 17.0. The van der Waals surface area contributed by atoms with Crippen LogP contribution in [0.4, 0.5) is 10.1 Å². The number of benzene rings is 3. The molecule has 1 unspecified atom stereocenters. The van der Waals surface area contributed by atoms with Crippen molar-refractivity contribution in [1.29, 1.82) is 0 Å². The fourth-order valence-electron chi connectivity index (χ4n) is 3.71. The fraction of sp³-hybridized carbons (Fsp3) is 0.250. The Hall–Kier alpha value is -2.86. The largest absolute Gasteiger partial charge is 0.507 e. The molecule has 156 valence electrons. The van der Waals surface area contributed by atoms with Gasteiger partial charge in [0.15, 0.2) is 0 Å². The number of phenolic OH excluding ortho intramolecular Hbond substituents is 1. The molecule has 30 heavy (non-hydrogen) atoms. The van der Waals surface area contributed by atoms with E-state index in [9.17, 15) is 9.50 Å². The minimum absolute atomic E-state index is 0.00785. The normalized spacial score (nSPS) is 16.0. The number of thioether (sulfide) groups is 1. The molecule has 0 amide bonds. The summed E-state index contributed by atoms with van der Waals surface area (Å²) in [5.74, 6) is 1.41. The van der Waals surface area contributed by atoms with E-state index in [-0.39, 0.29) is 16.8 Å². The lowest BCUT2D eigenvalue weighted by molar-refractivity contribution is 0.406. The van der Waals surface area contributed by atoms with E-state index in [0.29, 0.717) is 17.9 Å². The molecule has 0 aromatic heterocycles. The zero-order chi connectivity index (χ0) is 21.1. The zero-order valence-corrected chi connectivity index (χ0v) is 17.8. The number of rotatable bonds is 5. The molecule has 1 atom stereocenters. The first-order valence-corrected chi connectivity index (χ1v) is 10.7. The van der Waals surface area contributed by atoms with Crippen LogP contribution in [0.25, 0.3) is 0 Å². The van der Waals surface area contributed by atoms with Crippen molar-refractivity contribution in [2.45, 2.75) is 23.1 Å². The Morgan fingerprint density at radius 3 is 2.50 bits per heavy atom. The van der Waals surface area contributed by atoms with Crippen molar-refractivity contribution in [3.63, 3.8) is 0 Å². The molecule has 3 aromatic rings. The highest BCUT2D eigenvalue weighted by atomic mass is 32.2. The first-order chi connectivity index (χ1) is 14.6. The highest BCUT2D eigenvalue weighted by Gasteiger charge is 2.26. The molecule has 6 heteroatoms. The molecule has 4 rings (SSSR count). The van der Waals surface area contributed by atoms with Gasteiger partial charge in [0.05, 0.1) is 19.9 Å². The molecule has 0 bridgehead atoms. The van der Waals surface area contributed by atoms with Gasteiger partial charge in [0, 0.05) is 40.4 Å². The quantitative estimate of drug-likeness (QED) is 0.560. The average Bonchev–Trinajstić information content (AvgIpc) is 2.94. The molecule has 1 aliphatic rings. The third kappa shape index (κ3) is 4.19. The lowest BCUT2D eigenvalue weighted by Crippen LogP contribution is -2.24. The second kappa shape index (κ2) is 8.88. The van der Waals surface area contributed by atoms with Crippen LogP contribution in [0.1, 0.15) is 22.8 Å². The van der Waals surface area contributed by atoms with Gasteiger partial charge in [-0.2, -0.15) is 0 Å². The summed E-state index contributed by atoms with van der Waals surface area (Å²) in [5.41, 5.74) is 2.58. The second-order valence-electron chi connectivity index (χ2n) is 7.17. The van der Waals surface area contributed by atoms with E-state index in [1.165, 1.54) is 6.07 Å². The Balaban J connectivity index is 1.69. The molecule has 0 aliphatic carbocycles. The molecule has 4 nitrogen and oxygen atoms in total. The van der Waals surface area contributed by atoms with Crippen LogP contribution in [0, 0.1) is 5.82 Å². The number of ether oxygens (including phenoxy) is 2. The summed E-state index contributed by atoms with van der Waals surface area (Å²) >= 11 is 1.66. The number of fused-ring (bicyclic) bond motifs is 1. The van der Waals surface area contributed by atoms with Gasteiger partial charge < -0.3 is 19.5 Å². The van der Waals surface area contributed by atoms with Crippen LogP contribution in [0.5, 0.6) is 17.2 Å². The van der Waals surface area contributed by atoms with Crippen molar-refractivity contribution in [2.75, 3.05) is 25.7 Å². The van der Waals surface area contributed by atoms with Crippen LogP contribution in [-0.4, -0.2) is 25.9 Å². The SMILES string of the molecule is COc1ccc(CN2CCC(c3ccccc3F)Sc3cc(OC)ccc32)c(O)c1. The summed E-state index contributed by atoms with van der Waals surface area (Å²) < 4.78 is 25.1. The molecule has 0 fully saturated rings. The highest BCUT2D eigenvalue weighted by molar-refractivity contribution is 7.99. The maximum Gasteiger partial charge on any atom is 0.127 e. The van der Waals surface area contributed by atoms with Crippen molar-refractivity contribution in [3.8, 4) is 17.2 Å². The Bertz CT molecular complexity index is 1040. The van der Waals surface area contributed by atoms with E-state index in [4.69, 9.17) is 9.47 Å². The smallest absolute Gasteiger partial charge is 0.127 e. The maximum atomic E-state index is 14.5. The van der Waals surface area contributed by atoms with E-state index in [2.05, 4.69) is 4.90 Å². The van der Waals surface area contributed by atoms with Gasteiger partial charge in [-0.05, 0) is 42.8 Å². The number of aromatic hydroxyl groups is 1. The van der Waals surface area contributed by atoms with Crippen molar-refractivity contribution in [1.82, 2.24) is 0 Å². The Kier molecular flexibility index (Phi) is 6.04. The van der Waals surface area contributed by atoms with Gasteiger partial charge in [-0.3, -0.25) is 0 Å². The van der Waals surface area contributed by atoms with Crippen molar-refractivity contribution in [2.24, 2.45) is 0 Å². The summed E-state index contributed by atoms with van der Waals surface area (Å²) in [6.45, 7) is 1.27. The van der Waals surface area contributed by atoms with Crippen LogP contribution in [0.2, 0.25) is 0 Å².